The van der Waals surface area contributed by atoms with Crippen molar-refractivity contribution in [1.29, 1.82) is 0 Å². The highest BCUT2D eigenvalue weighted by atomic mass is 16.5. The van der Waals surface area contributed by atoms with Gasteiger partial charge < -0.3 is 9.84 Å². The molecule has 1 N–H and O–H groups in total. The summed E-state index contributed by atoms with van der Waals surface area (Å²) in [6, 6.07) is 0. The normalized spacial score (nSPS) is 46.2. The van der Waals surface area contributed by atoms with Gasteiger partial charge in [0.1, 0.15) is 5.60 Å². The zero-order valence-corrected chi connectivity index (χ0v) is 11.2. The Kier molecular flexibility index (Phi) is 2.87. The van der Waals surface area contributed by atoms with E-state index in [9.17, 15) is 9.90 Å². The molecule has 3 heteroatoms. The molecule has 0 amide bonds. The third-order valence-electron chi connectivity index (χ3n) is 5.02. The molecule has 4 rings (SSSR count). The maximum Gasteiger partial charge on any atom is 0.174 e. The van der Waals surface area contributed by atoms with Gasteiger partial charge in [0.25, 0.3) is 0 Å². The second-order valence-corrected chi connectivity index (χ2v) is 6.15. The first kappa shape index (κ1) is 12.4. The van der Waals surface area contributed by atoms with Crippen LogP contribution in [0.15, 0.2) is 11.6 Å². The van der Waals surface area contributed by atoms with Crippen molar-refractivity contribution in [2.24, 2.45) is 17.8 Å². The number of carbonyl (C=O) groups is 1. The fourth-order valence-corrected chi connectivity index (χ4v) is 4.02. The van der Waals surface area contributed by atoms with Gasteiger partial charge in [0.2, 0.25) is 0 Å². The molecule has 2 bridgehead atoms. The van der Waals surface area contributed by atoms with Gasteiger partial charge in [-0.3, -0.25) is 4.79 Å². The van der Waals surface area contributed by atoms with Crippen molar-refractivity contribution in [3.8, 4) is 0 Å². The van der Waals surface area contributed by atoms with Crippen LogP contribution < -0.4 is 0 Å². The number of Topliss-reactive ketones (excluding diaryl/α,β-unsaturated/α-hetero) is 1. The van der Waals surface area contributed by atoms with Crippen LogP contribution in [0.25, 0.3) is 0 Å². The second kappa shape index (κ2) is 4.17. The summed E-state index contributed by atoms with van der Waals surface area (Å²) >= 11 is 0. The minimum absolute atomic E-state index is 0.00995. The zero-order valence-electron chi connectivity index (χ0n) is 11.2. The molecule has 100 valence electrons. The van der Waals surface area contributed by atoms with E-state index in [0.29, 0.717) is 5.92 Å². The van der Waals surface area contributed by atoms with Crippen molar-refractivity contribution in [3.63, 3.8) is 0 Å². The lowest BCUT2D eigenvalue weighted by molar-refractivity contribution is -0.162. The van der Waals surface area contributed by atoms with E-state index in [0.717, 1.165) is 32.3 Å². The molecule has 5 atom stereocenters. The number of rotatable bonds is 3. The van der Waals surface area contributed by atoms with Crippen molar-refractivity contribution in [2.45, 2.75) is 51.2 Å². The summed E-state index contributed by atoms with van der Waals surface area (Å²) in [5.41, 5.74) is 0.0523. The number of aliphatic hydroxyl groups is 1. The summed E-state index contributed by atoms with van der Waals surface area (Å²) in [4.78, 5) is 12.5. The maximum absolute atomic E-state index is 12.5. The average Bonchev–Trinajstić information content (AvgIpc) is 2.81. The van der Waals surface area contributed by atoms with Crippen LogP contribution in [0.3, 0.4) is 0 Å². The van der Waals surface area contributed by atoms with Crippen molar-refractivity contribution in [1.82, 2.24) is 0 Å². The van der Waals surface area contributed by atoms with Gasteiger partial charge in [-0.1, -0.05) is 25.0 Å². The number of ketones is 1. The fourth-order valence-electron chi connectivity index (χ4n) is 4.02. The molecular formula is C15H22O3. The number of hydrogen-bond donors (Lipinski definition) is 1. The van der Waals surface area contributed by atoms with Gasteiger partial charge in [-0.15, -0.1) is 0 Å². The van der Waals surface area contributed by atoms with E-state index in [-0.39, 0.29) is 23.7 Å². The molecule has 0 aromatic rings. The Hall–Kier alpha value is -0.670. The van der Waals surface area contributed by atoms with E-state index in [1.807, 2.05) is 0 Å². The van der Waals surface area contributed by atoms with Gasteiger partial charge in [-0.25, -0.2) is 0 Å². The fraction of sp³-hybridized carbons (Fsp3) is 0.800. The molecule has 0 radical (unpaired) electrons. The lowest BCUT2D eigenvalue weighted by Gasteiger charge is -2.50. The van der Waals surface area contributed by atoms with Gasteiger partial charge in [-0.05, 0) is 32.1 Å². The van der Waals surface area contributed by atoms with Crippen molar-refractivity contribution in [2.75, 3.05) is 6.61 Å². The molecule has 2 fully saturated rings. The minimum atomic E-state index is -1.17. The molecule has 4 aliphatic rings. The molecule has 3 aliphatic carbocycles. The number of hydrogen-bond acceptors (Lipinski definition) is 3. The van der Waals surface area contributed by atoms with E-state index in [1.54, 1.807) is 6.92 Å². The Bertz CT molecular complexity index is 397. The summed E-state index contributed by atoms with van der Waals surface area (Å²) in [5.74, 6) is 0.121. The van der Waals surface area contributed by atoms with E-state index in [1.165, 1.54) is 5.57 Å². The third-order valence-corrected chi connectivity index (χ3v) is 5.02. The Morgan fingerprint density at radius 3 is 3.06 bits per heavy atom. The van der Waals surface area contributed by atoms with Crippen LogP contribution in [0, 0.1) is 17.8 Å². The molecule has 5 unspecified atom stereocenters. The smallest absolute Gasteiger partial charge is 0.174 e. The van der Waals surface area contributed by atoms with E-state index in [4.69, 9.17) is 4.74 Å². The van der Waals surface area contributed by atoms with Crippen molar-refractivity contribution < 1.29 is 14.6 Å². The highest BCUT2D eigenvalue weighted by molar-refractivity contribution is 5.94. The van der Waals surface area contributed by atoms with Gasteiger partial charge in [0.05, 0.1) is 12.0 Å². The van der Waals surface area contributed by atoms with Crippen LogP contribution in [0.2, 0.25) is 0 Å². The Balaban J connectivity index is 1.96. The summed E-state index contributed by atoms with van der Waals surface area (Å²) in [5, 5.41) is 10.5. The monoisotopic (exact) mass is 250 g/mol. The number of fused-ring (bicyclic) bond motifs is 1. The van der Waals surface area contributed by atoms with Gasteiger partial charge in [0.15, 0.2) is 5.78 Å². The summed E-state index contributed by atoms with van der Waals surface area (Å²) in [6.07, 6.45) is 6.44. The molecule has 1 heterocycles. The molecule has 18 heavy (non-hydrogen) atoms. The van der Waals surface area contributed by atoms with Crippen LogP contribution in [0.4, 0.5) is 0 Å². The van der Waals surface area contributed by atoms with Crippen molar-refractivity contribution >= 4 is 5.78 Å². The molecule has 0 aromatic heterocycles. The molecular weight excluding hydrogens is 228 g/mol. The number of unbranched alkanes of at least 4 members (excludes halogenated alkanes) is 1. The number of carbonyl (C=O) groups excluding carboxylic acids is 1. The van der Waals surface area contributed by atoms with Crippen molar-refractivity contribution in [3.05, 3.63) is 11.6 Å². The third kappa shape index (κ3) is 1.53. The molecule has 1 aliphatic heterocycles. The van der Waals surface area contributed by atoms with Crippen LogP contribution in [0.5, 0.6) is 0 Å². The van der Waals surface area contributed by atoms with Gasteiger partial charge >= 0.3 is 0 Å². The zero-order chi connectivity index (χ0) is 12.9. The highest BCUT2D eigenvalue weighted by Gasteiger charge is 2.60. The van der Waals surface area contributed by atoms with Gasteiger partial charge in [-0.2, -0.15) is 0 Å². The van der Waals surface area contributed by atoms with E-state index >= 15 is 0 Å². The summed E-state index contributed by atoms with van der Waals surface area (Å²) in [6.45, 7) is 4.59. The summed E-state index contributed by atoms with van der Waals surface area (Å²) in [7, 11) is 0. The maximum atomic E-state index is 12.5. The lowest BCUT2D eigenvalue weighted by atomic mass is 9.56. The molecule has 1 saturated heterocycles. The first-order valence-corrected chi connectivity index (χ1v) is 7.16. The Morgan fingerprint density at radius 1 is 1.56 bits per heavy atom. The summed E-state index contributed by atoms with van der Waals surface area (Å²) < 4.78 is 5.79. The average molecular weight is 250 g/mol. The largest absolute Gasteiger partial charge is 0.382 e. The van der Waals surface area contributed by atoms with E-state index in [2.05, 4.69) is 13.0 Å². The van der Waals surface area contributed by atoms with E-state index < -0.39 is 5.60 Å². The lowest BCUT2D eigenvalue weighted by Crippen LogP contribution is -2.61. The Labute approximate surface area is 108 Å². The second-order valence-electron chi connectivity index (χ2n) is 6.15. The van der Waals surface area contributed by atoms with Crippen LogP contribution in [-0.2, 0) is 9.53 Å². The van der Waals surface area contributed by atoms with Crippen LogP contribution in [-0.4, -0.2) is 29.2 Å². The predicted octanol–water partition coefficient (Wildman–Crippen LogP) is 2.09. The van der Waals surface area contributed by atoms with Gasteiger partial charge in [0, 0.05) is 12.5 Å². The predicted molar refractivity (Wildman–Crippen MR) is 68.1 cm³/mol. The molecule has 3 nitrogen and oxygen atoms in total. The van der Waals surface area contributed by atoms with Crippen LogP contribution >= 0.6 is 0 Å². The first-order chi connectivity index (χ1) is 8.57. The SMILES string of the molecule is CCCCC1=CC2C3CCOC3C1C(=O)C2(C)O. The number of ether oxygens (including phenoxy) is 1. The highest BCUT2D eigenvalue weighted by Crippen LogP contribution is 2.52. The quantitative estimate of drug-likeness (QED) is 0.780. The standard InChI is InChI=1S/C15H22O3/c1-3-4-5-9-8-11-10-6-7-18-13(10)12(9)14(16)15(11,2)17/h8,10-13,17H,3-7H2,1-2H3. The molecule has 1 saturated carbocycles. The molecule has 0 aromatic carbocycles. The topological polar surface area (TPSA) is 46.5 Å². The van der Waals surface area contributed by atoms with Crippen LogP contribution in [0.1, 0.15) is 39.5 Å². The molecule has 0 spiro atoms. The minimum Gasteiger partial charge on any atom is -0.382 e. The Morgan fingerprint density at radius 2 is 2.33 bits per heavy atom. The first-order valence-electron chi connectivity index (χ1n) is 7.16.